The largest absolute Gasteiger partial charge is 0.452 e. The van der Waals surface area contributed by atoms with E-state index in [0.29, 0.717) is 4.88 Å². The summed E-state index contributed by atoms with van der Waals surface area (Å²) in [7, 11) is -3.38. The van der Waals surface area contributed by atoms with Gasteiger partial charge in [0.25, 0.3) is 0 Å². The predicted molar refractivity (Wildman–Crippen MR) is 70.9 cm³/mol. The molecule has 0 atom stereocenters. The molecule has 0 spiro atoms. The van der Waals surface area contributed by atoms with Crippen LogP contribution < -0.4 is 0 Å². The van der Waals surface area contributed by atoms with Crippen molar-refractivity contribution < 1.29 is 26.1 Å². The Kier molecular flexibility index (Phi) is 3.93. The number of thiophene rings is 1. The van der Waals surface area contributed by atoms with Crippen LogP contribution in [0.4, 0.5) is 13.2 Å². The van der Waals surface area contributed by atoms with Gasteiger partial charge in [0.2, 0.25) is 5.76 Å². The van der Waals surface area contributed by atoms with Gasteiger partial charge in [-0.1, -0.05) is 27.7 Å². The van der Waals surface area contributed by atoms with Gasteiger partial charge < -0.3 is 4.52 Å². The maximum atomic E-state index is 12.3. The molecule has 0 unspecified atom stereocenters. The SMILES string of the molecule is O=S(=O)(CI)c1ccc(-c2cc(C(F)(F)F)on2)s1. The Balaban J connectivity index is 2.37. The lowest BCUT2D eigenvalue weighted by molar-refractivity contribution is -0.155. The lowest BCUT2D eigenvalue weighted by atomic mass is 10.3. The zero-order valence-electron chi connectivity index (χ0n) is 8.94. The van der Waals surface area contributed by atoms with Gasteiger partial charge in [0.15, 0.2) is 9.84 Å². The van der Waals surface area contributed by atoms with Gasteiger partial charge in [0.1, 0.15) is 13.7 Å². The van der Waals surface area contributed by atoms with Gasteiger partial charge in [-0.05, 0) is 12.1 Å². The number of hydrogen-bond acceptors (Lipinski definition) is 5. The van der Waals surface area contributed by atoms with Gasteiger partial charge in [-0.2, -0.15) is 13.2 Å². The Morgan fingerprint density at radius 1 is 1.37 bits per heavy atom. The molecule has 0 amide bonds. The fourth-order valence-corrected chi connectivity index (χ4v) is 4.87. The molecule has 0 bridgehead atoms. The van der Waals surface area contributed by atoms with E-state index in [9.17, 15) is 21.6 Å². The third kappa shape index (κ3) is 3.11. The third-order valence-electron chi connectivity index (χ3n) is 2.07. The zero-order valence-corrected chi connectivity index (χ0v) is 12.7. The van der Waals surface area contributed by atoms with Crippen LogP contribution in [0.2, 0.25) is 0 Å². The summed E-state index contributed by atoms with van der Waals surface area (Å²) in [4.78, 5) is 0.308. The van der Waals surface area contributed by atoms with Gasteiger partial charge >= 0.3 is 6.18 Å². The van der Waals surface area contributed by atoms with E-state index >= 15 is 0 Å². The first kappa shape index (κ1) is 14.8. The van der Waals surface area contributed by atoms with Crippen LogP contribution in [0, 0.1) is 0 Å². The highest BCUT2D eigenvalue weighted by Crippen LogP contribution is 2.35. The van der Waals surface area contributed by atoms with Crippen molar-refractivity contribution in [2.75, 3.05) is 3.76 Å². The van der Waals surface area contributed by atoms with Gasteiger partial charge in [-0.15, -0.1) is 11.3 Å². The number of nitrogens with zero attached hydrogens (tertiary/aromatic N) is 1. The maximum absolute atomic E-state index is 12.3. The van der Waals surface area contributed by atoms with Crippen LogP contribution >= 0.6 is 33.9 Å². The molecule has 2 heterocycles. The molecule has 2 aromatic heterocycles. The summed E-state index contributed by atoms with van der Waals surface area (Å²) in [6, 6.07) is 3.49. The van der Waals surface area contributed by atoms with Crippen molar-refractivity contribution in [2.45, 2.75) is 10.4 Å². The Hall–Kier alpha value is -0.620. The second-order valence-electron chi connectivity index (χ2n) is 3.42. The molecule has 0 fully saturated rings. The van der Waals surface area contributed by atoms with E-state index in [-0.39, 0.29) is 13.7 Å². The van der Waals surface area contributed by atoms with Crippen molar-refractivity contribution in [2.24, 2.45) is 0 Å². The minimum Gasteiger partial charge on any atom is -0.351 e. The normalized spacial score (nSPS) is 12.8. The molecule has 0 radical (unpaired) electrons. The first-order valence-electron chi connectivity index (χ1n) is 4.67. The van der Waals surface area contributed by atoms with Crippen LogP contribution in [0.25, 0.3) is 10.6 Å². The summed E-state index contributed by atoms with van der Waals surface area (Å²) in [5.41, 5.74) is -0.0350. The average molecular weight is 423 g/mol. The Morgan fingerprint density at radius 2 is 2.05 bits per heavy atom. The van der Waals surface area contributed by atoms with E-state index in [4.69, 9.17) is 0 Å². The molecule has 104 valence electrons. The topological polar surface area (TPSA) is 60.2 Å². The van der Waals surface area contributed by atoms with Crippen LogP contribution in [0.5, 0.6) is 0 Å². The van der Waals surface area contributed by atoms with E-state index in [1.165, 1.54) is 12.1 Å². The average Bonchev–Trinajstić information content (AvgIpc) is 2.96. The molecule has 19 heavy (non-hydrogen) atoms. The van der Waals surface area contributed by atoms with Crippen molar-refractivity contribution in [3.05, 3.63) is 24.0 Å². The number of halogens is 4. The highest BCUT2D eigenvalue weighted by molar-refractivity contribution is 14.1. The number of sulfone groups is 1. The zero-order chi connectivity index (χ0) is 14.3. The van der Waals surface area contributed by atoms with Gasteiger partial charge in [-0.3, -0.25) is 0 Å². The molecule has 0 aliphatic heterocycles. The number of hydrogen-bond donors (Lipinski definition) is 0. The van der Waals surface area contributed by atoms with E-state index in [0.717, 1.165) is 17.4 Å². The monoisotopic (exact) mass is 423 g/mol. The van der Waals surface area contributed by atoms with Crippen LogP contribution in [0.15, 0.2) is 26.9 Å². The molecule has 2 aromatic rings. The van der Waals surface area contributed by atoms with Crippen LogP contribution in [0.1, 0.15) is 5.76 Å². The summed E-state index contributed by atoms with van der Waals surface area (Å²) in [6.07, 6.45) is -4.61. The van der Waals surface area contributed by atoms with Gasteiger partial charge in [0, 0.05) is 6.07 Å². The van der Waals surface area contributed by atoms with Crippen LogP contribution in [-0.4, -0.2) is 17.3 Å². The molecule has 0 aromatic carbocycles. The predicted octanol–water partition coefficient (Wildman–Crippen LogP) is 3.59. The minimum atomic E-state index is -4.61. The minimum absolute atomic E-state index is 0.0350. The van der Waals surface area contributed by atoms with Crippen molar-refractivity contribution in [3.8, 4) is 10.6 Å². The van der Waals surface area contributed by atoms with E-state index in [1.807, 2.05) is 0 Å². The molecular weight excluding hydrogens is 418 g/mol. The summed E-state index contributed by atoms with van der Waals surface area (Å²) in [6.45, 7) is 0. The first-order chi connectivity index (χ1) is 8.74. The summed E-state index contributed by atoms with van der Waals surface area (Å²) < 4.78 is 64.4. The van der Waals surface area contributed by atoms with Crippen molar-refractivity contribution in [1.82, 2.24) is 5.16 Å². The van der Waals surface area contributed by atoms with Gasteiger partial charge in [0.05, 0.1) is 4.88 Å². The summed E-state index contributed by atoms with van der Waals surface area (Å²) in [5.74, 6) is -1.21. The lowest BCUT2D eigenvalue weighted by Gasteiger charge is -1.97. The number of rotatable bonds is 3. The van der Waals surface area contributed by atoms with Crippen LogP contribution in [-0.2, 0) is 16.0 Å². The van der Waals surface area contributed by atoms with E-state index < -0.39 is 21.8 Å². The quantitative estimate of drug-likeness (QED) is 0.560. The van der Waals surface area contributed by atoms with Crippen LogP contribution in [0.3, 0.4) is 0 Å². The Bertz CT molecular complexity index is 690. The molecule has 0 saturated heterocycles. The molecule has 0 aliphatic carbocycles. The highest BCUT2D eigenvalue weighted by atomic mass is 127. The molecule has 2 rings (SSSR count). The Labute approximate surface area is 123 Å². The second-order valence-corrected chi connectivity index (χ2v) is 8.51. The summed E-state index contributed by atoms with van der Waals surface area (Å²) >= 11 is 2.57. The molecule has 10 heteroatoms. The third-order valence-corrected chi connectivity index (χ3v) is 7.48. The maximum Gasteiger partial charge on any atom is 0.452 e. The number of aromatic nitrogens is 1. The van der Waals surface area contributed by atoms with Gasteiger partial charge in [-0.25, -0.2) is 8.42 Å². The van der Waals surface area contributed by atoms with E-state index in [1.54, 1.807) is 22.6 Å². The summed E-state index contributed by atoms with van der Waals surface area (Å²) in [5, 5.41) is 3.29. The fraction of sp³-hybridized carbons (Fsp3) is 0.222. The molecular formula is C9H5F3INO3S2. The number of alkyl halides is 4. The smallest absolute Gasteiger partial charge is 0.351 e. The van der Waals surface area contributed by atoms with Crippen molar-refractivity contribution in [3.63, 3.8) is 0 Å². The van der Waals surface area contributed by atoms with E-state index in [2.05, 4.69) is 9.68 Å². The van der Waals surface area contributed by atoms with Crippen molar-refractivity contribution >= 4 is 43.8 Å². The lowest BCUT2D eigenvalue weighted by Crippen LogP contribution is -2.02. The molecule has 0 N–H and O–H groups in total. The highest BCUT2D eigenvalue weighted by Gasteiger charge is 2.36. The second kappa shape index (κ2) is 5.05. The molecule has 0 aliphatic rings. The Morgan fingerprint density at radius 3 is 2.58 bits per heavy atom. The fourth-order valence-electron chi connectivity index (χ4n) is 1.20. The first-order valence-corrected chi connectivity index (χ1v) is 8.66. The van der Waals surface area contributed by atoms with Crippen molar-refractivity contribution in [1.29, 1.82) is 0 Å². The standard InChI is InChI=1S/C9H5F3INO3S2/c10-9(11,12)7-3-5(14-17-7)6-1-2-8(18-6)19(15,16)4-13/h1-3H,4H2. The molecule has 0 saturated carbocycles. The molecule has 4 nitrogen and oxygen atoms in total.